The van der Waals surface area contributed by atoms with Crippen LogP contribution in [0.2, 0.25) is 0 Å². The molecule has 0 fully saturated rings. The number of hydrogen-bond acceptors (Lipinski definition) is 4. The summed E-state index contributed by atoms with van der Waals surface area (Å²) in [5.74, 6) is 0.458. The van der Waals surface area contributed by atoms with Crippen molar-refractivity contribution in [3.05, 3.63) is 77.5 Å². The zero-order valence-electron chi connectivity index (χ0n) is 13.8. The normalized spacial score (nSPS) is 10.5. The molecule has 25 heavy (non-hydrogen) atoms. The summed E-state index contributed by atoms with van der Waals surface area (Å²) in [5, 5.41) is 6.15. The van der Waals surface area contributed by atoms with Crippen molar-refractivity contribution in [2.24, 2.45) is 0 Å². The van der Waals surface area contributed by atoms with Crippen molar-refractivity contribution >= 4 is 17.5 Å². The predicted molar refractivity (Wildman–Crippen MR) is 95.0 cm³/mol. The molecule has 2 aromatic carbocycles. The maximum absolute atomic E-state index is 13.6. The van der Waals surface area contributed by atoms with Gasteiger partial charge in [0.2, 0.25) is 5.95 Å². The zero-order valence-corrected chi connectivity index (χ0v) is 13.8. The topological polar surface area (TPSA) is 49.8 Å². The highest BCUT2D eigenvalue weighted by atomic mass is 19.1. The molecule has 3 aromatic rings. The van der Waals surface area contributed by atoms with Crippen LogP contribution in [0.5, 0.6) is 0 Å². The SMILES string of the molecule is Cc1cc(NCCc2ccccc2F)nc(Nc2cccc(F)c2)n1. The minimum atomic E-state index is -0.333. The van der Waals surface area contributed by atoms with Gasteiger partial charge in [0.25, 0.3) is 0 Å². The minimum Gasteiger partial charge on any atom is -0.370 e. The van der Waals surface area contributed by atoms with Gasteiger partial charge in [0.05, 0.1) is 0 Å². The zero-order chi connectivity index (χ0) is 17.6. The number of nitrogens with zero attached hydrogens (tertiary/aromatic N) is 2. The van der Waals surface area contributed by atoms with Crippen LogP contribution in [0.1, 0.15) is 11.3 Å². The summed E-state index contributed by atoms with van der Waals surface area (Å²) in [5.41, 5.74) is 1.99. The molecule has 0 aliphatic heterocycles. The van der Waals surface area contributed by atoms with Gasteiger partial charge in [0, 0.05) is 24.0 Å². The quantitative estimate of drug-likeness (QED) is 0.695. The molecule has 0 bridgehead atoms. The Bertz CT molecular complexity index is 868. The Morgan fingerprint density at radius 1 is 0.960 bits per heavy atom. The maximum atomic E-state index is 13.6. The second-order valence-electron chi connectivity index (χ2n) is 5.62. The summed E-state index contributed by atoms with van der Waals surface area (Å²) >= 11 is 0. The molecular formula is C19H18F2N4. The van der Waals surface area contributed by atoms with Gasteiger partial charge in [-0.05, 0) is 43.2 Å². The molecule has 4 nitrogen and oxygen atoms in total. The number of aryl methyl sites for hydroxylation is 1. The van der Waals surface area contributed by atoms with Gasteiger partial charge in [0.15, 0.2) is 0 Å². The van der Waals surface area contributed by atoms with E-state index in [1.807, 2.05) is 13.0 Å². The van der Waals surface area contributed by atoms with Crippen molar-refractivity contribution in [1.29, 1.82) is 0 Å². The van der Waals surface area contributed by atoms with E-state index in [4.69, 9.17) is 0 Å². The maximum Gasteiger partial charge on any atom is 0.229 e. The molecule has 1 aromatic heterocycles. The first-order chi connectivity index (χ1) is 12.1. The lowest BCUT2D eigenvalue weighted by atomic mass is 10.1. The molecule has 0 saturated heterocycles. The number of halogens is 2. The molecular weight excluding hydrogens is 322 g/mol. The molecule has 0 unspecified atom stereocenters. The number of rotatable bonds is 6. The smallest absolute Gasteiger partial charge is 0.229 e. The monoisotopic (exact) mass is 340 g/mol. The number of benzene rings is 2. The van der Waals surface area contributed by atoms with Crippen molar-refractivity contribution in [3.8, 4) is 0 Å². The largest absolute Gasteiger partial charge is 0.370 e. The lowest BCUT2D eigenvalue weighted by Gasteiger charge is -2.10. The van der Waals surface area contributed by atoms with Gasteiger partial charge in [-0.2, -0.15) is 4.98 Å². The highest BCUT2D eigenvalue weighted by Crippen LogP contribution is 2.17. The van der Waals surface area contributed by atoms with Gasteiger partial charge in [-0.25, -0.2) is 13.8 Å². The first-order valence-corrected chi connectivity index (χ1v) is 7.96. The van der Waals surface area contributed by atoms with E-state index in [1.165, 1.54) is 18.2 Å². The van der Waals surface area contributed by atoms with Crippen molar-refractivity contribution in [2.75, 3.05) is 17.2 Å². The fraction of sp³-hybridized carbons (Fsp3) is 0.158. The summed E-state index contributed by atoms with van der Waals surface area (Å²) in [7, 11) is 0. The summed E-state index contributed by atoms with van der Waals surface area (Å²) in [4.78, 5) is 8.66. The predicted octanol–water partition coefficient (Wildman–Crippen LogP) is 4.46. The molecule has 1 heterocycles. The van der Waals surface area contributed by atoms with E-state index in [-0.39, 0.29) is 11.6 Å². The molecule has 0 saturated carbocycles. The number of aromatic nitrogens is 2. The van der Waals surface area contributed by atoms with Crippen LogP contribution in [-0.4, -0.2) is 16.5 Å². The van der Waals surface area contributed by atoms with Gasteiger partial charge < -0.3 is 10.6 Å². The van der Waals surface area contributed by atoms with Crippen LogP contribution in [0.25, 0.3) is 0 Å². The highest BCUT2D eigenvalue weighted by Gasteiger charge is 2.05. The van der Waals surface area contributed by atoms with Crippen LogP contribution in [0, 0.1) is 18.6 Å². The summed E-state index contributed by atoms with van der Waals surface area (Å²) in [6.45, 7) is 2.39. The van der Waals surface area contributed by atoms with E-state index in [0.29, 0.717) is 36.0 Å². The van der Waals surface area contributed by atoms with E-state index < -0.39 is 0 Å². The molecule has 0 spiro atoms. The molecule has 0 amide bonds. The van der Waals surface area contributed by atoms with Crippen LogP contribution in [0.4, 0.5) is 26.2 Å². The standard InChI is InChI=1S/C19H18F2N4/c1-13-11-18(22-10-9-14-5-2-3-8-17(14)21)25-19(23-13)24-16-7-4-6-15(20)12-16/h2-8,11-12H,9-10H2,1H3,(H2,22,23,24,25). The van der Waals surface area contributed by atoms with E-state index in [0.717, 1.165) is 5.69 Å². The van der Waals surface area contributed by atoms with Crippen LogP contribution < -0.4 is 10.6 Å². The minimum absolute atomic E-state index is 0.211. The molecule has 0 radical (unpaired) electrons. The Hall–Kier alpha value is -3.02. The Morgan fingerprint density at radius 2 is 1.80 bits per heavy atom. The van der Waals surface area contributed by atoms with Gasteiger partial charge in [-0.3, -0.25) is 0 Å². The van der Waals surface area contributed by atoms with Crippen LogP contribution >= 0.6 is 0 Å². The molecule has 0 aliphatic rings. The fourth-order valence-corrected chi connectivity index (χ4v) is 2.44. The van der Waals surface area contributed by atoms with Gasteiger partial charge in [-0.1, -0.05) is 24.3 Å². The molecule has 6 heteroatoms. The third-order valence-electron chi connectivity index (χ3n) is 3.59. The second kappa shape index (κ2) is 7.70. The Morgan fingerprint density at radius 3 is 2.60 bits per heavy atom. The van der Waals surface area contributed by atoms with Gasteiger partial charge in [0.1, 0.15) is 17.5 Å². The number of hydrogen-bond donors (Lipinski definition) is 2. The van der Waals surface area contributed by atoms with Gasteiger partial charge >= 0.3 is 0 Å². The summed E-state index contributed by atoms with van der Waals surface area (Å²) < 4.78 is 26.9. The first-order valence-electron chi connectivity index (χ1n) is 7.96. The highest BCUT2D eigenvalue weighted by molar-refractivity contribution is 5.55. The average molecular weight is 340 g/mol. The van der Waals surface area contributed by atoms with Crippen molar-refractivity contribution in [1.82, 2.24) is 9.97 Å². The third-order valence-corrected chi connectivity index (χ3v) is 3.59. The lowest BCUT2D eigenvalue weighted by molar-refractivity contribution is 0.610. The number of anilines is 3. The van der Waals surface area contributed by atoms with Crippen LogP contribution in [0.15, 0.2) is 54.6 Å². The summed E-state index contributed by atoms with van der Waals surface area (Å²) in [6.07, 6.45) is 0.544. The molecule has 0 atom stereocenters. The van der Waals surface area contributed by atoms with Gasteiger partial charge in [-0.15, -0.1) is 0 Å². The Balaban J connectivity index is 1.66. The Labute approximate surface area is 145 Å². The average Bonchev–Trinajstić information content (AvgIpc) is 2.56. The third kappa shape index (κ3) is 4.73. The molecule has 0 aliphatic carbocycles. The lowest BCUT2D eigenvalue weighted by Crippen LogP contribution is -2.09. The van der Waals surface area contributed by atoms with E-state index in [9.17, 15) is 8.78 Å². The summed E-state index contributed by atoms with van der Waals surface area (Å²) in [6, 6.07) is 14.6. The van der Waals surface area contributed by atoms with Crippen molar-refractivity contribution < 1.29 is 8.78 Å². The Kier molecular flexibility index (Phi) is 5.18. The second-order valence-corrected chi connectivity index (χ2v) is 5.62. The molecule has 128 valence electrons. The molecule has 2 N–H and O–H groups in total. The molecule has 3 rings (SSSR count). The number of nitrogens with one attached hydrogen (secondary N) is 2. The van der Waals surface area contributed by atoms with Crippen molar-refractivity contribution in [3.63, 3.8) is 0 Å². The van der Waals surface area contributed by atoms with Crippen LogP contribution in [-0.2, 0) is 6.42 Å². The fourth-order valence-electron chi connectivity index (χ4n) is 2.44. The van der Waals surface area contributed by atoms with Crippen molar-refractivity contribution in [2.45, 2.75) is 13.3 Å². The van der Waals surface area contributed by atoms with E-state index in [2.05, 4.69) is 20.6 Å². The van der Waals surface area contributed by atoms with Crippen LogP contribution in [0.3, 0.4) is 0 Å². The first kappa shape index (κ1) is 16.8. The van der Waals surface area contributed by atoms with E-state index >= 15 is 0 Å². The van der Waals surface area contributed by atoms with E-state index in [1.54, 1.807) is 30.3 Å².